The summed E-state index contributed by atoms with van der Waals surface area (Å²) in [4.78, 5) is 25.6. The van der Waals surface area contributed by atoms with Gasteiger partial charge in [0.05, 0.1) is 0 Å². The lowest BCUT2D eigenvalue weighted by Gasteiger charge is -2.08. The Morgan fingerprint density at radius 2 is 2.05 bits per heavy atom. The lowest BCUT2D eigenvalue weighted by atomic mass is 10.2. The Morgan fingerprint density at radius 3 is 2.80 bits per heavy atom. The highest BCUT2D eigenvalue weighted by molar-refractivity contribution is 6.02. The second-order valence-corrected chi connectivity index (χ2v) is 4.05. The fourth-order valence-electron chi connectivity index (χ4n) is 1.62. The third-order valence-electron chi connectivity index (χ3n) is 2.49. The average Bonchev–Trinajstić information content (AvgIpc) is 2.45. The number of aromatic nitrogens is 1. The molecule has 1 heterocycles. The quantitative estimate of drug-likeness (QED) is 0.756. The summed E-state index contributed by atoms with van der Waals surface area (Å²) in [6, 6.07) is 11.4. The second-order valence-electron chi connectivity index (χ2n) is 4.05. The first-order valence-electron chi connectivity index (χ1n) is 6.12. The maximum absolute atomic E-state index is 11.9. The molecule has 0 saturated heterocycles. The number of hydrogen-bond acceptors (Lipinski definition) is 4. The van der Waals surface area contributed by atoms with Crippen LogP contribution in [0.15, 0.2) is 47.3 Å². The Hall–Kier alpha value is -2.60. The molecule has 0 radical (unpaired) electrons. The summed E-state index contributed by atoms with van der Waals surface area (Å²) in [5, 5.41) is 2.68. The molecule has 0 aliphatic heterocycles. The van der Waals surface area contributed by atoms with Crippen LogP contribution >= 0.6 is 0 Å². The number of aromatic amines is 1. The summed E-state index contributed by atoms with van der Waals surface area (Å²) in [5.74, 6) is 0.230. The van der Waals surface area contributed by atoms with Gasteiger partial charge in [0.15, 0.2) is 0 Å². The van der Waals surface area contributed by atoms with Crippen molar-refractivity contribution in [2.24, 2.45) is 5.73 Å². The zero-order valence-corrected chi connectivity index (χ0v) is 10.8. The molecule has 0 unspecified atom stereocenters. The Bertz CT molecular complexity index is 652. The van der Waals surface area contributed by atoms with Crippen LogP contribution in [0, 0.1) is 0 Å². The molecule has 0 aliphatic carbocycles. The molecule has 0 aliphatic rings. The number of carbonyl (C=O) groups is 1. The van der Waals surface area contributed by atoms with Gasteiger partial charge >= 0.3 is 0 Å². The monoisotopic (exact) mass is 273 g/mol. The summed E-state index contributed by atoms with van der Waals surface area (Å²) >= 11 is 0. The van der Waals surface area contributed by atoms with Crippen molar-refractivity contribution in [3.05, 3.63) is 58.5 Å². The second kappa shape index (κ2) is 6.53. The molecule has 2 rings (SSSR count). The molecular formula is C14H15N3O3. The fraction of sp³-hybridized carbons (Fsp3) is 0.143. The number of rotatable bonds is 5. The molecule has 104 valence electrons. The summed E-state index contributed by atoms with van der Waals surface area (Å²) in [6.45, 7) is 0.825. The van der Waals surface area contributed by atoms with Crippen LogP contribution in [0.5, 0.6) is 5.75 Å². The van der Waals surface area contributed by atoms with E-state index in [1.54, 1.807) is 24.3 Å². The maximum Gasteiger partial charge on any atom is 0.272 e. The van der Waals surface area contributed by atoms with E-state index in [4.69, 9.17) is 10.5 Å². The zero-order chi connectivity index (χ0) is 14.4. The van der Waals surface area contributed by atoms with Crippen molar-refractivity contribution in [3.63, 3.8) is 0 Å². The number of benzene rings is 1. The minimum atomic E-state index is -0.390. The van der Waals surface area contributed by atoms with Crippen LogP contribution in [-0.2, 0) is 0 Å². The molecule has 0 saturated carbocycles. The van der Waals surface area contributed by atoms with Gasteiger partial charge in [-0.25, -0.2) is 0 Å². The van der Waals surface area contributed by atoms with Crippen molar-refractivity contribution < 1.29 is 9.53 Å². The van der Waals surface area contributed by atoms with Gasteiger partial charge in [0.1, 0.15) is 18.1 Å². The molecule has 1 amide bonds. The van der Waals surface area contributed by atoms with Crippen molar-refractivity contribution in [2.75, 3.05) is 18.5 Å². The summed E-state index contributed by atoms with van der Waals surface area (Å²) in [6.07, 6.45) is 0. The molecule has 2 aromatic rings. The van der Waals surface area contributed by atoms with E-state index in [1.807, 2.05) is 0 Å². The third-order valence-corrected chi connectivity index (χ3v) is 2.49. The van der Waals surface area contributed by atoms with E-state index < -0.39 is 5.91 Å². The lowest BCUT2D eigenvalue weighted by Crippen LogP contribution is -2.18. The Labute approximate surface area is 115 Å². The molecule has 0 spiro atoms. The molecule has 6 nitrogen and oxygen atoms in total. The number of ether oxygens (including phenoxy) is 1. The number of amides is 1. The van der Waals surface area contributed by atoms with Gasteiger partial charge in [0, 0.05) is 24.4 Å². The van der Waals surface area contributed by atoms with Crippen molar-refractivity contribution in [3.8, 4) is 5.75 Å². The van der Waals surface area contributed by atoms with Crippen LogP contribution in [-0.4, -0.2) is 24.0 Å². The van der Waals surface area contributed by atoms with E-state index in [1.165, 1.54) is 18.2 Å². The Kier molecular flexibility index (Phi) is 4.52. The summed E-state index contributed by atoms with van der Waals surface area (Å²) in [5.41, 5.74) is 5.81. The van der Waals surface area contributed by atoms with Gasteiger partial charge in [0.25, 0.3) is 5.91 Å². The number of hydrogen-bond donors (Lipinski definition) is 3. The normalized spacial score (nSPS) is 10.1. The lowest BCUT2D eigenvalue weighted by molar-refractivity contribution is 0.102. The zero-order valence-electron chi connectivity index (χ0n) is 10.8. The first kappa shape index (κ1) is 13.8. The molecule has 20 heavy (non-hydrogen) atoms. The minimum Gasteiger partial charge on any atom is -0.492 e. The number of carbonyl (C=O) groups excluding carboxylic acids is 1. The molecule has 0 atom stereocenters. The highest BCUT2D eigenvalue weighted by atomic mass is 16.5. The molecule has 1 aromatic carbocycles. The van der Waals surface area contributed by atoms with Crippen LogP contribution in [0.3, 0.4) is 0 Å². The van der Waals surface area contributed by atoms with Gasteiger partial charge in [-0.2, -0.15) is 0 Å². The maximum atomic E-state index is 11.9. The number of H-pyrrole nitrogens is 1. The van der Waals surface area contributed by atoms with E-state index in [0.717, 1.165) is 0 Å². The van der Waals surface area contributed by atoms with Gasteiger partial charge in [-0.3, -0.25) is 9.59 Å². The first-order valence-corrected chi connectivity index (χ1v) is 6.12. The molecular weight excluding hydrogens is 258 g/mol. The summed E-state index contributed by atoms with van der Waals surface area (Å²) in [7, 11) is 0. The molecule has 4 N–H and O–H groups in total. The smallest absolute Gasteiger partial charge is 0.272 e. The predicted molar refractivity (Wildman–Crippen MR) is 76.0 cm³/mol. The van der Waals surface area contributed by atoms with Crippen LogP contribution in [0.2, 0.25) is 0 Å². The minimum absolute atomic E-state index is 0.200. The van der Waals surface area contributed by atoms with Gasteiger partial charge in [-0.15, -0.1) is 0 Å². The van der Waals surface area contributed by atoms with Crippen LogP contribution in [0.25, 0.3) is 0 Å². The van der Waals surface area contributed by atoms with E-state index in [2.05, 4.69) is 10.3 Å². The number of anilines is 1. The van der Waals surface area contributed by atoms with Crippen molar-refractivity contribution in [1.82, 2.24) is 4.98 Å². The first-order chi connectivity index (χ1) is 9.69. The number of nitrogens with one attached hydrogen (secondary N) is 2. The number of nitrogens with two attached hydrogens (primary N) is 1. The average molecular weight is 273 g/mol. The SMILES string of the molecule is NCCOc1cccc(NC(=O)c2cccc(=O)[nH]2)c1. The number of pyridine rings is 1. The van der Waals surface area contributed by atoms with Gasteiger partial charge in [-0.1, -0.05) is 12.1 Å². The highest BCUT2D eigenvalue weighted by Gasteiger charge is 2.07. The molecule has 6 heteroatoms. The molecule has 0 fully saturated rings. The van der Waals surface area contributed by atoms with Crippen molar-refractivity contribution >= 4 is 11.6 Å². The molecule has 1 aromatic heterocycles. The predicted octanol–water partition coefficient (Wildman–Crippen LogP) is 0.965. The van der Waals surface area contributed by atoms with Crippen LogP contribution < -0.4 is 21.3 Å². The van der Waals surface area contributed by atoms with Gasteiger partial charge < -0.3 is 20.8 Å². The van der Waals surface area contributed by atoms with Crippen molar-refractivity contribution in [1.29, 1.82) is 0 Å². The Balaban J connectivity index is 2.09. The topological polar surface area (TPSA) is 97.2 Å². The van der Waals surface area contributed by atoms with Gasteiger partial charge in [0.2, 0.25) is 5.56 Å². The Morgan fingerprint density at radius 1 is 1.25 bits per heavy atom. The fourth-order valence-corrected chi connectivity index (χ4v) is 1.62. The van der Waals surface area contributed by atoms with Crippen LogP contribution in [0.1, 0.15) is 10.5 Å². The van der Waals surface area contributed by atoms with Gasteiger partial charge in [-0.05, 0) is 18.2 Å². The van der Waals surface area contributed by atoms with E-state index in [0.29, 0.717) is 24.6 Å². The highest BCUT2D eigenvalue weighted by Crippen LogP contribution is 2.17. The van der Waals surface area contributed by atoms with E-state index in [9.17, 15) is 9.59 Å². The van der Waals surface area contributed by atoms with E-state index >= 15 is 0 Å². The summed E-state index contributed by atoms with van der Waals surface area (Å²) < 4.78 is 5.37. The van der Waals surface area contributed by atoms with Crippen LogP contribution in [0.4, 0.5) is 5.69 Å². The largest absolute Gasteiger partial charge is 0.492 e. The standard InChI is InChI=1S/C14H15N3O3/c15-7-8-20-11-4-1-3-10(9-11)16-14(19)12-5-2-6-13(18)17-12/h1-6,9H,7-8,15H2,(H,16,19)(H,17,18). The van der Waals surface area contributed by atoms with Crippen molar-refractivity contribution in [2.45, 2.75) is 0 Å². The molecule has 0 bridgehead atoms. The third kappa shape index (κ3) is 3.69. The van der Waals surface area contributed by atoms with E-state index in [-0.39, 0.29) is 11.3 Å².